The van der Waals surface area contributed by atoms with Crippen LogP contribution in [-0.2, 0) is 4.79 Å². The number of carbonyl (C=O) groups is 1. The molecule has 0 unspecified atom stereocenters. The summed E-state index contributed by atoms with van der Waals surface area (Å²) in [6.07, 6.45) is 1.49. The van der Waals surface area contributed by atoms with E-state index in [2.05, 4.69) is 20.7 Å². The van der Waals surface area contributed by atoms with Crippen LogP contribution in [0.2, 0.25) is 5.15 Å². The fraction of sp³-hybridized carbons (Fsp3) is 0.0769. The number of para-hydroxylation sites is 1. The quantitative estimate of drug-likeness (QED) is 0.626. The van der Waals surface area contributed by atoms with Gasteiger partial charge in [0.05, 0.1) is 6.21 Å². The molecule has 7 nitrogen and oxygen atoms in total. The number of carboxylic acids is 1. The van der Waals surface area contributed by atoms with Crippen molar-refractivity contribution in [1.29, 1.82) is 0 Å². The molecule has 0 amide bonds. The zero-order chi connectivity index (χ0) is 15.1. The molecule has 0 saturated heterocycles. The van der Waals surface area contributed by atoms with Gasteiger partial charge in [-0.2, -0.15) is 5.10 Å². The minimum Gasteiger partial charge on any atom is -0.481 e. The van der Waals surface area contributed by atoms with Crippen molar-refractivity contribution in [3.05, 3.63) is 47.1 Å². The van der Waals surface area contributed by atoms with E-state index in [1.165, 1.54) is 6.21 Å². The van der Waals surface area contributed by atoms with Crippen molar-refractivity contribution >= 4 is 29.6 Å². The Balaban J connectivity index is 2.03. The van der Waals surface area contributed by atoms with Crippen LogP contribution in [0.25, 0.3) is 0 Å². The van der Waals surface area contributed by atoms with E-state index < -0.39 is 12.6 Å². The number of aromatic nitrogens is 2. The standard InChI is InChI=1S/C13H11ClN4O3/c14-11-5-6-12(18-16-11)17-15-7-9-3-1-2-4-10(9)21-8-13(19)20/h1-7H,8H2,(H,17,18)(H,19,20)/b15-7+. The van der Waals surface area contributed by atoms with Gasteiger partial charge in [0, 0.05) is 5.56 Å². The normalized spacial score (nSPS) is 10.5. The fourth-order valence-electron chi connectivity index (χ4n) is 1.40. The number of halogens is 1. The number of hydrazone groups is 1. The molecule has 8 heteroatoms. The third-order valence-corrected chi connectivity index (χ3v) is 2.49. The maximum Gasteiger partial charge on any atom is 0.341 e. The molecule has 0 aliphatic carbocycles. The molecule has 108 valence electrons. The smallest absolute Gasteiger partial charge is 0.341 e. The zero-order valence-corrected chi connectivity index (χ0v) is 11.5. The lowest BCUT2D eigenvalue weighted by molar-refractivity contribution is -0.139. The van der Waals surface area contributed by atoms with Crippen LogP contribution >= 0.6 is 11.6 Å². The Morgan fingerprint density at radius 1 is 1.33 bits per heavy atom. The molecule has 0 bridgehead atoms. The molecule has 2 N–H and O–H groups in total. The number of anilines is 1. The molecule has 1 aromatic carbocycles. The maximum atomic E-state index is 10.5. The highest BCUT2D eigenvalue weighted by Gasteiger charge is 2.03. The summed E-state index contributed by atoms with van der Waals surface area (Å²) in [6.45, 7) is -0.416. The summed E-state index contributed by atoms with van der Waals surface area (Å²) >= 11 is 5.62. The highest BCUT2D eigenvalue weighted by atomic mass is 35.5. The zero-order valence-electron chi connectivity index (χ0n) is 10.7. The van der Waals surface area contributed by atoms with Crippen LogP contribution < -0.4 is 10.2 Å². The van der Waals surface area contributed by atoms with E-state index in [0.717, 1.165) is 0 Å². The van der Waals surface area contributed by atoms with Gasteiger partial charge >= 0.3 is 5.97 Å². The average molecular weight is 307 g/mol. The van der Waals surface area contributed by atoms with E-state index >= 15 is 0 Å². The fourth-order valence-corrected chi connectivity index (χ4v) is 1.50. The molecule has 1 heterocycles. The number of hydrogen-bond acceptors (Lipinski definition) is 6. The van der Waals surface area contributed by atoms with Gasteiger partial charge in [0.15, 0.2) is 17.6 Å². The second-order valence-electron chi connectivity index (χ2n) is 3.83. The second kappa shape index (κ2) is 7.20. The van der Waals surface area contributed by atoms with Crippen LogP contribution in [0.3, 0.4) is 0 Å². The van der Waals surface area contributed by atoms with E-state index in [4.69, 9.17) is 21.4 Å². The molecule has 1 aromatic heterocycles. The maximum absolute atomic E-state index is 10.5. The monoisotopic (exact) mass is 306 g/mol. The van der Waals surface area contributed by atoms with Crippen molar-refractivity contribution < 1.29 is 14.6 Å². The van der Waals surface area contributed by atoms with Gasteiger partial charge in [-0.05, 0) is 24.3 Å². The molecule has 2 aromatic rings. The molecular formula is C13H11ClN4O3. The van der Waals surface area contributed by atoms with Crippen LogP contribution in [0.5, 0.6) is 5.75 Å². The molecule has 0 fully saturated rings. The number of nitrogens with zero attached hydrogens (tertiary/aromatic N) is 3. The lowest BCUT2D eigenvalue weighted by Crippen LogP contribution is -2.10. The Morgan fingerprint density at radius 3 is 2.86 bits per heavy atom. The van der Waals surface area contributed by atoms with Crippen molar-refractivity contribution in [2.24, 2.45) is 5.10 Å². The van der Waals surface area contributed by atoms with Crippen LogP contribution in [0.4, 0.5) is 5.82 Å². The summed E-state index contributed by atoms with van der Waals surface area (Å²) in [5.41, 5.74) is 3.31. The number of aliphatic carboxylic acids is 1. The lowest BCUT2D eigenvalue weighted by Gasteiger charge is -2.06. The summed E-state index contributed by atoms with van der Waals surface area (Å²) in [7, 11) is 0. The SMILES string of the molecule is O=C(O)COc1ccccc1/C=N/Nc1ccc(Cl)nn1. The van der Waals surface area contributed by atoms with E-state index in [0.29, 0.717) is 17.1 Å². The summed E-state index contributed by atoms with van der Waals surface area (Å²) in [5, 5.41) is 20.3. The third kappa shape index (κ3) is 4.73. The molecule has 0 aliphatic heterocycles. The average Bonchev–Trinajstić information content (AvgIpc) is 2.48. The Labute approximate surface area is 125 Å². The number of benzene rings is 1. The molecule has 0 saturated carbocycles. The summed E-state index contributed by atoms with van der Waals surface area (Å²) in [5.74, 6) is -0.191. The highest BCUT2D eigenvalue weighted by Crippen LogP contribution is 2.15. The summed E-state index contributed by atoms with van der Waals surface area (Å²) in [4.78, 5) is 10.5. The number of hydrogen-bond donors (Lipinski definition) is 2. The molecule has 0 aliphatic rings. The topological polar surface area (TPSA) is 96.7 Å². The first-order valence-electron chi connectivity index (χ1n) is 5.87. The highest BCUT2D eigenvalue weighted by molar-refractivity contribution is 6.29. The van der Waals surface area contributed by atoms with E-state index in [-0.39, 0.29) is 5.15 Å². The lowest BCUT2D eigenvalue weighted by atomic mass is 10.2. The first-order valence-corrected chi connectivity index (χ1v) is 6.25. The predicted octanol–water partition coefficient (Wildman–Crippen LogP) is 2.04. The van der Waals surface area contributed by atoms with Gasteiger partial charge < -0.3 is 9.84 Å². The van der Waals surface area contributed by atoms with Crippen molar-refractivity contribution in [3.63, 3.8) is 0 Å². The van der Waals surface area contributed by atoms with Gasteiger partial charge in [-0.3, -0.25) is 5.43 Å². The third-order valence-electron chi connectivity index (χ3n) is 2.28. The minimum atomic E-state index is -1.05. The number of ether oxygens (including phenoxy) is 1. The molecule has 0 atom stereocenters. The Bertz CT molecular complexity index is 646. The molecule has 2 rings (SSSR count). The predicted molar refractivity (Wildman–Crippen MR) is 77.8 cm³/mol. The largest absolute Gasteiger partial charge is 0.481 e. The van der Waals surface area contributed by atoms with Gasteiger partial charge in [-0.15, -0.1) is 10.2 Å². The van der Waals surface area contributed by atoms with Crippen molar-refractivity contribution in [1.82, 2.24) is 10.2 Å². The first kappa shape index (κ1) is 14.7. The second-order valence-corrected chi connectivity index (χ2v) is 4.22. The van der Waals surface area contributed by atoms with Gasteiger partial charge in [0.25, 0.3) is 0 Å². The molecule has 0 spiro atoms. The van der Waals surface area contributed by atoms with Crippen molar-refractivity contribution in [3.8, 4) is 5.75 Å². The molecule has 21 heavy (non-hydrogen) atoms. The minimum absolute atomic E-state index is 0.289. The van der Waals surface area contributed by atoms with Crippen molar-refractivity contribution in [2.75, 3.05) is 12.0 Å². The number of carboxylic acid groups (broad SMARTS) is 1. The van der Waals surface area contributed by atoms with Gasteiger partial charge in [0.2, 0.25) is 0 Å². The molecule has 0 radical (unpaired) electrons. The van der Waals surface area contributed by atoms with Gasteiger partial charge in [-0.25, -0.2) is 4.79 Å². The Kier molecular flexibility index (Phi) is 5.05. The first-order chi connectivity index (χ1) is 10.1. The van der Waals surface area contributed by atoms with Gasteiger partial charge in [0.1, 0.15) is 5.75 Å². The van der Waals surface area contributed by atoms with Gasteiger partial charge in [-0.1, -0.05) is 23.7 Å². The summed E-state index contributed by atoms with van der Waals surface area (Å²) in [6, 6.07) is 10.1. The van der Waals surface area contributed by atoms with Crippen LogP contribution in [0, 0.1) is 0 Å². The van der Waals surface area contributed by atoms with Crippen LogP contribution in [0.15, 0.2) is 41.5 Å². The Morgan fingerprint density at radius 2 is 2.14 bits per heavy atom. The van der Waals surface area contributed by atoms with E-state index in [1.807, 2.05) is 0 Å². The van der Waals surface area contributed by atoms with E-state index in [9.17, 15) is 4.79 Å². The van der Waals surface area contributed by atoms with Crippen LogP contribution in [0.1, 0.15) is 5.56 Å². The Hall–Kier alpha value is -2.67. The van der Waals surface area contributed by atoms with Crippen LogP contribution in [-0.4, -0.2) is 34.1 Å². The number of rotatable bonds is 6. The van der Waals surface area contributed by atoms with E-state index in [1.54, 1.807) is 36.4 Å². The summed E-state index contributed by atoms with van der Waals surface area (Å²) < 4.78 is 5.15. The molecular weight excluding hydrogens is 296 g/mol. The number of nitrogens with one attached hydrogen (secondary N) is 1. The van der Waals surface area contributed by atoms with Crippen molar-refractivity contribution in [2.45, 2.75) is 0 Å².